The fraction of sp³-hybridized carbons (Fsp3) is 0.474. The standard InChI is InChI=1S/C19H27N3O3S/c1-4-21(5-2)19(24)13-22-12-17(15-8-6-7-9-16(15)22)26-14-18(23)20-10-11-25-3/h6-9,12H,4-5,10-11,13-14H2,1-3H3,(H,20,23). The van der Waals surface area contributed by atoms with Crippen LogP contribution in [0.1, 0.15) is 13.8 Å². The number of aromatic nitrogens is 1. The molecule has 0 unspecified atom stereocenters. The topological polar surface area (TPSA) is 63.6 Å². The van der Waals surface area contributed by atoms with Crippen LogP contribution >= 0.6 is 11.8 Å². The maximum atomic E-state index is 12.5. The van der Waals surface area contributed by atoms with Crippen molar-refractivity contribution in [3.05, 3.63) is 30.5 Å². The molecule has 1 N–H and O–H groups in total. The van der Waals surface area contributed by atoms with Gasteiger partial charge in [-0.25, -0.2) is 0 Å². The number of para-hydroxylation sites is 1. The van der Waals surface area contributed by atoms with Crippen molar-refractivity contribution in [2.24, 2.45) is 0 Å². The minimum absolute atomic E-state index is 0.0249. The van der Waals surface area contributed by atoms with Gasteiger partial charge < -0.3 is 19.5 Å². The Morgan fingerprint density at radius 2 is 1.96 bits per heavy atom. The van der Waals surface area contributed by atoms with Crippen LogP contribution in [0.15, 0.2) is 35.4 Å². The lowest BCUT2D eigenvalue weighted by molar-refractivity contribution is -0.131. The molecule has 2 rings (SSSR count). The highest BCUT2D eigenvalue weighted by molar-refractivity contribution is 8.00. The van der Waals surface area contributed by atoms with Crippen LogP contribution in [0.5, 0.6) is 0 Å². The average Bonchev–Trinajstić information content (AvgIpc) is 2.99. The highest BCUT2D eigenvalue weighted by Crippen LogP contribution is 2.30. The summed E-state index contributed by atoms with van der Waals surface area (Å²) in [6.45, 7) is 6.70. The third-order valence-electron chi connectivity index (χ3n) is 4.16. The highest BCUT2D eigenvalue weighted by Gasteiger charge is 2.15. The van der Waals surface area contributed by atoms with Gasteiger partial charge in [0, 0.05) is 48.7 Å². The molecule has 0 atom stereocenters. The van der Waals surface area contributed by atoms with Gasteiger partial charge in [0.2, 0.25) is 11.8 Å². The molecule has 0 fully saturated rings. The largest absolute Gasteiger partial charge is 0.383 e. The number of hydrogen-bond acceptors (Lipinski definition) is 4. The fourth-order valence-corrected chi connectivity index (χ4v) is 3.69. The summed E-state index contributed by atoms with van der Waals surface area (Å²) in [6.07, 6.45) is 1.97. The van der Waals surface area contributed by atoms with Gasteiger partial charge in [0.25, 0.3) is 0 Å². The molecule has 2 aromatic rings. The van der Waals surface area contributed by atoms with Crippen LogP contribution in [0.4, 0.5) is 0 Å². The van der Waals surface area contributed by atoms with Crippen LogP contribution in [-0.4, -0.2) is 60.4 Å². The molecule has 26 heavy (non-hydrogen) atoms. The number of thioether (sulfide) groups is 1. The zero-order valence-corrected chi connectivity index (χ0v) is 16.5. The lowest BCUT2D eigenvalue weighted by Crippen LogP contribution is -2.33. The number of benzene rings is 1. The van der Waals surface area contributed by atoms with Gasteiger partial charge in [-0.3, -0.25) is 9.59 Å². The Morgan fingerprint density at radius 3 is 2.65 bits per heavy atom. The van der Waals surface area contributed by atoms with Crippen molar-refractivity contribution in [1.82, 2.24) is 14.8 Å². The van der Waals surface area contributed by atoms with Gasteiger partial charge >= 0.3 is 0 Å². The van der Waals surface area contributed by atoms with Gasteiger partial charge in [-0.15, -0.1) is 11.8 Å². The molecule has 0 radical (unpaired) electrons. The zero-order valence-electron chi connectivity index (χ0n) is 15.7. The van der Waals surface area contributed by atoms with Crippen LogP contribution in [0.2, 0.25) is 0 Å². The second kappa shape index (κ2) is 10.2. The Morgan fingerprint density at radius 1 is 1.23 bits per heavy atom. The van der Waals surface area contributed by atoms with Crippen molar-refractivity contribution in [1.29, 1.82) is 0 Å². The lowest BCUT2D eigenvalue weighted by atomic mass is 10.2. The molecule has 1 aromatic carbocycles. The summed E-state index contributed by atoms with van der Waals surface area (Å²) in [7, 11) is 1.61. The van der Waals surface area contributed by atoms with Crippen LogP contribution < -0.4 is 5.32 Å². The second-order valence-electron chi connectivity index (χ2n) is 5.84. The molecule has 1 heterocycles. The quantitative estimate of drug-likeness (QED) is 0.510. The van der Waals surface area contributed by atoms with Crippen molar-refractivity contribution in [2.75, 3.05) is 39.1 Å². The number of amides is 2. The molecule has 0 aliphatic heterocycles. The molecular formula is C19H27N3O3S. The van der Waals surface area contributed by atoms with E-state index in [1.165, 1.54) is 11.8 Å². The first kappa shape index (κ1) is 20.3. The van der Waals surface area contributed by atoms with Crippen LogP contribution in [0, 0.1) is 0 Å². The van der Waals surface area contributed by atoms with E-state index in [1.54, 1.807) is 7.11 Å². The van der Waals surface area contributed by atoms with Gasteiger partial charge in [-0.2, -0.15) is 0 Å². The third-order valence-corrected chi connectivity index (χ3v) is 5.20. The van der Waals surface area contributed by atoms with Crippen molar-refractivity contribution < 1.29 is 14.3 Å². The fourth-order valence-electron chi connectivity index (χ4n) is 2.77. The van der Waals surface area contributed by atoms with Gasteiger partial charge in [-0.05, 0) is 19.9 Å². The van der Waals surface area contributed by atoms with Gasteiger partial charge in [0.1, 0.15) is 6.54 Å². The van der Waals surface area contributed by atoms with Crippen molar-refractivity contribution in [2.45, 2.75) is 25.3 Å². The molecule has 0 spiro atoms. The smallest absolute Gasteiger partial charge is 0.242 e. The predicted octanol–water partition coefficient (Wildman–Crippen LogP) is 2.36. The number of ether oxygens (including phenoxy) is 1. The molecule has 0 aliphatic rings. The summed E-state index contributed by atoms with van der Waals surface area (Å²) in [5.74, 6) is 0.412. The molecule has 0 aliphatic carbocycles. The first-order chi connectivity index (χ1) is 12.6. The van der Waals surface area contributed by atoms with Gasteiger partial charge in [-0.1, -0.05) is 18.2 Å². The Kier molecular flexibility index (Phi) is 8.00. The van der Waals surface area contributed by atoms with Crippen molar-refractivity contribution in [3.8, 4) is 0 Å². The third kappa shape index (κ3) is 5.25. The number of rotatable bonds is 10. The molecule has 7 heteroatoms. The van der Waals surface area contributed by atoms with Crippen LogP contribution in [0.25, 0.3) is 10.9 Å². The Hall–Kier alpha value is -1.99. The van der Waals surface area contributed by atoms with E-state index in [1.807, 2.05) is 53.8 Å². The number of hydrogen-bond donors (Lipinski definition) is 1. The maximum absolute atomic E-state index is 12.5. The minimum atomic E-state index is -0.0249. The summed E-state index contributed by atoms with van der Waals surface area (Å²) in [6, 6.07) is 7.97. The van der Waals surface area contributed by atoms with Gasteiger partial charge in [0.15, 0.2) is 0 Å². The Labute approximate surface area is 158 Å². The molecule has 6 nitrogen and oxygen atoms in total. The molecule has 0 bridgehead atoms. The minimum Gasteiger partial charge on any atom is -0.383 e. The van der Waals surface area contributed by atoms with Crippen LogP contribution in [0.3, 0.4) is 0 Å². The summed E-state index contributed by atoms with van der Waals surface area (Å²) >= 11 is 1.49. The van der Waals surface area contributed by atoms with E-state index < -0.39 is 0 Å². The molecule has 142 valence electrons. The van der Waals surface area contributed by atoms with E-state index in [9.17, 15) is 9.59 Å². The van der Waals surface area contributed by atoms with E-state index in [2.05, 4.69) is 5.32 Å². The monoisotopic (exact) mass is 377 g/mol. The number of carbonyl (C=O) groups excluding carboxylic acids is 2. The van der Waals surface area contributed by atoms with Crippen LogP contribution in [-0.2, 0) is 20.9 Å². The SMILES string of the molecule is CCN(CC)C(=O)Cn1cc(SCC(=O)NCCOC)c2ccccc21. The van der Waals surface area contributed by atoms with Gasteiger partial charge in [0.05, 0.1) is 12.4 Å². The zero-order chi connectivity index (χ0) is 18.9. The van der Waals surface area contributed by atoms with E-state index in [4.69, 9.17) is 4.74 Å². The number of methoxy groups -OCH3 is 1. The average molecular weight is 378 g/mol. The van der Waals surface area contributed by atoms with Crippen molar-refractivity contribution >= 4 is 34.5 Å². The summed E-state index contributed by atoms with van der Waals surface area (Å²) in [5.41, 5.74) is 1.01. The number of carbonyl (C=O) groups is 2. The van der Waals surface area contributed by atoms with E-state index in [0.29, 0.717) is 38.5 Å². The first-order valence-electron chi connectivity index (χ1n) is 8.84. The van der Waals surface area contributed by atoms with E-state index in [-0.39, 0.29) is 11.8 Å². The first-order valence-corrected chi connectivity index (χ1v) is 9.83. The normalized spacial score (nSPS) is 10.9. The second-order valence-corrected chi connectivity index (χ2v) is 6.85. The molecular weight excluding hydrogens is 350 g/mol. The number of fused-ring (bicyclic) bond motifs is 1. The highest BCUT2D eigenvalue weighted by atomic mass is 32.2. The van der Waals surface area contributed by atoms with E-state index >= 15 is 0 Å². The summed E-state index contributed by atoms with van der Waals surface area (Å²) in [4.78, 5) is 27.2. The Bertz CT molecular complexity index is 741. The maximum Gasteiger partial charge on any atom is 0.242 e. The molecule has 2 amide bonds. The lowest BCUT2D eigenvalue weighted by Gasteiger charge is -2.19. The number of nitrogens with one attached hydrogen (secondary N) is 1. The van der Waals surface area contributed by atoms with E-state index in [0.717, 1.165) is 15.8 Å². The number of nitrogens with zero attached hydrogens (tertiary/aromatic N) is 2. The number of likely N-dealkylation sites (N-methyl/N-ethyl adjacent to an activating group) is 1. The molecule has 1 aromatic heterocycles. The predicted molar refractivity (Wildman–Crippen MR) is 105 cm³/mol. The summed E-state index contributed by atoms with van der Waals surface area (Å²) in [5, 5.41) is 3.88. The Balaban J connectivity index is 2.11. The molecule has 0 saturated heterocycles. The summed E-state index contributed by atoms with van der Waals surface area (Å²) < 4.78 is 6.90. The molecule has 0 saturated carbocycles. The van der Waals surface area contributed by atoms with Crippen molar-refractivity contribution in [3.63, 3.8) is 0 Å².